The number of carboxylic acid groups (broad SMARTS) is 1. The van der Waals surface area contributed by atoms with Crippen molar-refractivity contribution >= 4 is 34.8 Å². The van der Waals surface area contributed by atoms with Crippen LogP contribution in [0.5, 0.6) is 5.75 Å². The number of carbonyl (C=O) groups excluding carboxylic acids is 3. The Kier molecular flexibility index (Phi) is 7.52. The van der Waals surface area contributed by atoms with Gasteiger partial charge in [-0.2, -0.15) is 0 Å². The molecule has 2 bridgehead atoms. The van der Waals surface area contributed by atoms with Crippen LogP contribution in [0.2, 0.25) is 0 Å². The van der Waals surface area contributed by atoms with Gasteiger partial charge in [-0.1, -0.05) is 37.3 Å². The lowest BCUT2D eigenvalue weighted by atomic mass is 9.76. The van der Waals surface area contributed by atoms with Crippen molar-refractivity contribution in [2.75, 3.05) is 58.2 Å². The SMILES string of the molecule is COc1ccccc1NC(=O)C[N+]12CC[N+](Cc3ccc4c(c3)C(=O)c3ccc(C5=C(C(=O)O)N6C(=O)[C@H]([C@@H](C)O)[C@H]6[C@H]5C)cc3-4)(CC1)CC2. The van der Waals surface area contributed by atoms with E-state index in [0.717, 1.165) is 71.5 Å². The predicted molar refractivity (Wildman–Crippen MR) is 185 cm³/mol. The molecule has 0 aromatic heterocycles. The van der Waals surface area contributed by atoms with E-state index in [1.165, 1.54) is 4.90 Å². The molecule has 0 saturated carbocycles. The summed E-state index contributed by atoms with van der Waals surface area (Å²) in [7, 11) is 1.60. The summed E-state index contributed by atoms with van der Waals surface area (Å²) < 4.78 is 7.12. The summed E-state index contributed by atoms with van der Waals surface area (Å²) in [5, 5.41) is 23.5. The first-order valence-corrected chi connectivity index (χ1v) is 17.4. The molecular weight excluding hydrogens is 636 g/mol. The molecule has 6 aliphatic rings. The molecule has 50 heavy (non-hydrogen) atoms. The van der Waals surface area contributed by atoms with Gasteiger partial charge in [-0.3, -0.25) is 14.4 Å². The highest BCUT2D eigenvalue weighted by Crippen LogP contribution is 2.51. The second-order valence-electron chi connectivity index (χ2n) is 14.9. The number of ether oxygens (including phenoxy) is 1. The fraction of sp³-hybridized carbons (Fsp3) is 0.385. The summed E-state index contributed by atoms with van der Waals surface area (Å²) in [6.45, 7) is 10.4. The Bertz CT molecular complexity index is 1990. The second-order valence-corrected chi connectivity index (χ2v) is 14.9. The van der Waals surface area contributed by atoms with Crippen molar-refractivity contribution < 1.29 is 43.1 Å². The molecule has 3 aromatic rings. The number of rotatable bonds is 9. The lowest BCUT2D eigenvalue weighted by molar-refractivity contribution is -1.08. The molecule has 0 radical (unpaired) electrons. The zero-order chi connectivity index (χ0) is 35.1. The van der Waals surface area contributed by atoms with Crippen LogP contribution in [0.4, 0.5) is 5.69 Å². The summed E-state index contributed by atoms with van der Waals surface area (Å²) in [6.07, 6.45) is -0.877. The lowest BCUT2D eigenvalue weighted by Gasteiger charge is -2.55. The van der Waals surface area contributed by atoms with Crippen LogP contribution in [0.3, 0.4) is 0 Å². The largest absolute Gasteiger partial charge is 0.495 e. The number of quaternary nitrogens is 2. The van der Waals surface area contributed by atoms with Crippen LogP contribution in [0.25, 0.3) is 16.7 Å². The number of piperazine rings is 3. The third-order valence-corrected chi connectivity index (χ3v) is 12.1. The van der Waals surface area contributed by atoms with Gasteiger partial charge in [-0.05, 0) is 59.5 Å². The van der Waals surface area contributed by atoms with Crippen molar-refractivity contribution in [2.24, 2.45) is 11.8 Å². The number of methoxy groups -OCH3 is 1. The van der Waals surface area contributed by atoms with E-state index in [1.54, 1.807) is 26.2 Å². The highest BCUT2D eigenvalue weighted by molar-refractivity contribution is 6.22. The van der Waals surface area contributed by atoms with Gasteiger partial charge in [-0.25, -0.2) is 4.79 Å². The van der Waals surface area contributed by atoms with Crippen LogP contribution >= 0.6 is 0 Å². The van der Waals surface area contributed by atoms with E-state index in [9.17, 15) is 29.4 Å². The predicted octanol–water partition coefficient (Wildman–Crippen LogP) is 3.36. The zero-order valence-electron chi connectivity index (χ0n) is 28.5. The number of carbonyl (C=O) groups is 4. The van der Waals surface area contributed by atoms with Crippen LogP contribution < -0.4 is 10.1 Å². The number of ketones is 1. The molecule has 4 atom stereocenters. The van der Waals surface area contributed by atoms with Gasteiger partial charge in [0, 0.05) is 22.6 Å². The average Bonchev–Trinajstić information content (AvgIpc) is 3.52. The Hall–Kier alpha value is -4.84. The molecule has 9 rings (SSSR count). The van der Waals surface area contributed by atoms with Crippen molar-refractivity contribution in [3.8, 4) is 16.9 Å². The first kappa shape index (κ1) is 32.4. The average molecular weight is 679 g/mol. The Balaban J connectivity index is 0.989. The Labute approximate surface area is 290 Å². The first-order valence-electron chi connectivity index (χ1n) is 17.4. The van der Waals surface area contributed by atoms with E-state index in [4.69, 9.17) is 4.74 Å². The number of aliphatic carboxylic acids is 1. The number of nitrogens with zero attached hydrogens (tertiary/aromatic N) is 3. The number of β-lactam (4-membered cyclic amide) rings is 1. The Morgan fingerprint density at radius 2 is 1.60 bits per heavy atom. The Morgan fingerprint density at radius 3 is 2.28 bits per heavy atom. The maximum absolute atomic E-state index is 13.7. The third kappa shape index (κ3) is 4.90. The topological polar surface area (TPSA) is 133 Å². The molecule has 0 unspecified atom stereocenters. The highest BCUT2D eigenvalue weighted by atomic mass is 16.5. The number of amides is 2. The molecule has 3 aromatic carbocycles. The molecule has 11 heteroatoms. The number of hydrogen-bond acceptors (Lipinski definition) is 6. The molecule has 4 fully saturated rings. The number of anilines is 1. The van der Waals surface area contributed by atoms with Crippen molar-refractivity contribution in [1.29, 1.82) is 0 Å². The summed E-state index contributed by atoms with van der Waals surface area (Å²) in [5.41, 5.74) is 5.80. The van der Waals surface area contributed by atoms with Crippen LogP contribution in [0, 0.1) is 11.8 Å². The third-order valence-electron chi connectivity index (χ3n) is 12.1. The Morgan fingerprint density at radius 1 is 0.920 bits per heavy atom. The molecular formula is C39H42N4O7+2. The number of nitrogens with one attached hydrogen (secondary N) is 1. The minimum absolute atomic E-state index is 0.00331. The maximum Gasteiger partial charge on any atom is 0.352 e. The first-order chi connectivity index (χ1) is 23.9. The number of aliphatic hydroxyl groups excluding tert-OH is 1. The summed E-state index contributed by atoms with van der Waals surface area (Å²) in [5.74, 6) is -1.88. The van der Waals surface area contributed by atoms with Crippen LogP contribution in [-0.2, 0) is 20.9 Å². The van der Waals surface area contributed by atoms with Crippen molar-refractivity contribution in [1.82, 2.24) is 4.90 Å². The quantitative estimate of drug-likeness (QED) is 0.183. The standard InChI is InChI=1S/C39H40N4O7/c1-22-33(36(39(48)49)41-35(22)34(23(2)44)38(41)47)25-9-11-27-28(19-25)26-10-8-24(18-29(26)37(27)46)20-42-12-15-43(16-13-42,17-14-42)21-32(45)40-30-6-4-5-7-31(30)50-3/h4-11,18-19,22-23,34-35,44H,12-17,20-21H2,1-3H3/p+2/t22-,23+,34+,35+,42?,43?/m0/s1. The van der Waals surface area contributed by atoms with Gasteiger partial charge in [0.05, 0.1) is 30.9 Å². The van der Waals surface area contributed by atoms with Gasteiger partial charge in [0.2, 0.25) is 5.91 Å². The number of para-hydroxylation sites is 2. The van der Waals surface area contributed by atoms with E-state index in [-0.39, 0.29) is 29.2 Å². The molecule has 5 heterocycles. The fourth-order valence-electron chi connectivity index (χ4n) is 9.39. The number of hydrogen-bond donors (Lipinski definition) is 3. The van der Waals surface area contributed by atoms with E-state index in [2.05, 4.69) is 11.4 Å². The van der Waals surface area contributed by atoms with Gasteiger partial charge in [-0.15, -0.1) is 0 Å². The van der Waals surface area contributed by atoms with Gasteiger partial charge in [0.25, 0.3) is 5.91 Å². The maximum atomic E-state index is 13.7. The van der Waals surface area contributed by atoms with Crippen molar-refractivity contribution in [3.05, 3.63) is 88.6 Å². The number of carboxylic acids is 1. The summed E-state index contributed by atoms with van der Waals surface area (Å²) >= 11 is 0. The minimum Gasteiger partial charge on any atom is -0.495 e. The molecule has 11 nitrogen and oxygen atoms in total. The molecule has 1 aliphatic carbocycles. The van der Waals surface area contributed by atoms with Crippen molar-refractivity contribution in [3.63, 3.8) is 0 Å². The zero-order valence-corrected chi connectivity index (χ0v) is 28.5. The lowest BCUT2D eigenvalue weighted by Crippen LogP contribution is -2.75. The van der Waals surface area contributed by atoms with Crippen LogP contribution in [0.1, 0.15) is 40.9 Å². The van der Waals surface area contributed by atoms with Crippen molar-refractivity contribution in [2.45, 2.75) is 32.5 Å². The molecule has 5 aliphatic heterocycles. The smallest absolute Gasteiger partial charge is 0.352 e. The number of aliphatic hydroxyl groups is 1. The highest BCUT2D eigenvalue weighted by Gasteiger charge is 2.60. The normalized spacial score (nSPS) is 28.2. The summed E-state index contributed by atoms with van der Waals surface area (Å²) in [4.78, 5) is 53.5. The van der Waals surface area contributed by atoms with Crippen LogP contribution in [-0.4, -0.2) is 113 Å². The molecule has 0 spiro atoms. The summed E-state index contributed by atoms with van der Waals surface area (Å²) in [6, 6.07) is 18.6. The van der Waals surface area contributed by atoms with Crippen LogP contribution in [0.15, 0.2) is 66.4 Å². The van der Waals surface area contributed by atoms with E-state index >= 15 is 0 Å². The van der Waals surface area contributed by atoms with Gasteiger partial charge in [0.1, 0.15) is 57.3 Å². The minimum atomic E-state index is -1.18. The number of fused-ring (bicyclic) bond motifs is 7. The van der Waals surface area contributed by atoms with E-state index in [1.807, 2.05) is 49.4 Å². The van der Waals surface area contributed by atoms with Gasteiger partial charge >= 0.3 is 5.97 Å². The van der Waals surface area contributed by atoms with E-state index < -0.39 is 24.0 Å². The van der Waals surface area contributed by atoms with E-state index in [0.29, 0.717) is 40.2 Å². The molecule has 3 N–H and O–H groups in total. The molecule has 4 saturated heterocycles. The van der Waals surface area contributed by atoms with Gasteiger partial charge in [0.15, 0.2) is 12.3 Å². The molecule has 2 amide bonds. The number of benzene rings is 3. The second kappa shape index (κ2) is 11.6. The monoisotopic (exact) mass is 678 g/mol. The fourth-order valence-corrected chi connectivity index (χ4v) is 9.39. The molecule has 258 valence electrons. The van der Waals surface area contributed by atoms with Gasteiger partial charge < -0.3 is 34.1 Å².